The van der Waals surface area contributed by atoms with Crippen LogP contribution in [0.5, 0.6) is 5.75 Å². The van der Waals surface area contributed by atoms with E-state index in [9.17, 15) is 41.0 Å². The van der Waals surface area contributed by atoms with E-state index in [2.05, 4.69) is 18.8 Å². The highest BCUT2D eigenvalue weighted by Gasteiger charge is 2.45. The summed E-state index contributed by atoms with van der Waals surface area (Å²) in [6, 6.07) is 6.70. The van der Waals surface area contributed by atoms with Gasteiger partial charge >= 0.3 is 18.4 Å². The molecule has 1 amide bonds. The zero-order valence-electron chi connectivity index (χ0n) is 27.7. The van der Waals surface area contributed by atoms with Gasteiger partial charge in [-0.05, 0) is 96.2 Å². The van der Waals surface area contributed by atoms with E-state index in [1.54, 1.807) is 19.2 Å². The third-order valence-electron chi connectivity index (χ3n) is 9.92. The molecule has 2 aromatic carbocycles. The Morgan fingerprint density at radius 3 is 2.20 bits per heavy atom. The first-order valence-electron chi connectivity index (χ1n) is 15.6. The van der Waals surface area contributed by atoms with Crippen LogP contribution in [0.1, 0.15) is 84.8 Å². The van der Waals surface area contributed by atoms with Crippen LogP contribution in [0.3, 0.4) is 0 Å². The number of halogens is 6. The summed E-state index contributed by atoms with van der Waals surface area (Å²) >= 11 is 0. The maximum atomic E-state index is 13.6. The van der Waals surface area contributed by atoms with E-state index in [0.29, 0.717) is 46.7 Å². The number of pyridine rings is 1. The van der Waals surface area contributed by atoms with Crippen molar-refractivity contribution in [3.05, 3.63) is 87.6 Å². The van der Waals surface area contributed by atoms with Gasteiger partial charge in [-0.15, -0.1) is 0 Å². The van der Waals surface area contributed by atoms with Gasteiger partial charge in [0.1, 0.15) is 11.9 Å². The highest BCUT2D eigenvalue weighted by molar-refractivity contribution is 5.87. The summed E-state index contributed by atoms with van der Waals surface area (Å²) in [6.07, 6.45) is -9.47. The molecule has 3 atom stereocenters. The molecular weight excluding hydrogens is 654 g/mol. The molecule has 0 radical (unpaired) electrons. The number of aryl methyl sites for hydroxylation is 1. The Hall–Kier alpha value is -4.55. The Bertz CT molecular complexity index is 1800. The Kier molecular flexibility index (Phi) is 9.28. The predicted molar refractivity (Wildman–Crippen MR) is 166 cm³/mol. The minimum Gasteiger partial charge on any atom is -0.545 e. The molecule has 49 heavy (non-hydrogen) atoms. The zero-order chi connectivity index (χ0) is 36.2. The van der Waals surface area contributed by atoms with Crippen LogP contribution in [0.25, 0.3) is 16.8 Å². The van der Waals surface area contributed by atoms with Crippen LogP contribution >= 0.6 is 0 Å². The van der Waals surface area contributed by atoms with Crippen LogP contribution in [0.2, 0.25) is 0 Å². The Labute approximate surface area is 279 Å². The third kappa shape index (κ3) is 6.98. The van der Waals surface area contributed by atoms with Crippen LogP contribution in [0.4, 0.5) is 31.1 Å². The highest BCUT2D eigenvalue weighted by Crippen LogP contribution is 2.50. The molecule has 7 nitrogen and oxygen atoms in total. The first-order valence-corrected chi connectivity index (χ1v) is 15.6. The molecule has 5 rings (SSSR count). The summed E-state index contributed by atoms with van der Waals surface area (Å²) in [7, 11) is 1.49. The number of ether oxygens (including phenoxy) is 2. The summed E-state index contributed by atoms with van der Waals surface area (Å²) in [6.45, 7) is 9.47. The number of cyclic esters (lactones) is 1. The van der Waals surface area contributed by atoms with Crippen molar-refractivity contribution in [3.8, 4) is 17.0 Å². The van der Waals surface area contributed by atoms with E-state index in [1.165, 1.54) is 31.1 Å². The third-order valence-corrected chi connectivity index (χ3v) is 9.92. The van der Waals surface area contributed by atoms with Gasteiger partial charge in [-0.2, -0.15) is 26.3 Å². The average Bonchev–Trinajstić information content (AvgIpc) is 3.30. The molecule has 3 aromatic rings. The largest absolute Gasteiger partial charge is 0.545 e. The molecule has 0 spiro atoms. The first-order chi connectivity index (χ1) is 22.7. The SMILES string of the molecule is COc1cnc(-c2ccc(C(=O)[O-])cc2C)cc1C1=C(CN2C(=O)O[C@H](c3cc(C(F)(F)F)cc(C(F)(F)F)c3)[C@@H]2C)C(C)C(C)(C)CC1. The highest BCUT2D eigenvalue weighted by atomic mass is 19.4. The van der Waals surface area contributed by atoms with Crippen LogP contribution in [0.15, 0.2) is 54.2 Å². The summed E-state index contributed by atoms with van der Waals surface area (Å²) in [4.78, 5) is 30.6. The fraction of sp³-hybridized carbons (Fsp3) is 0.417. The molecule has 0 saturated carbocycles. The lowest BCUT2D eigenvalue weighted by atomic mass is 9.65. The van der Waals surface area contributed by atoms with E-state index in [1.807, 2.05) is 13.0 Å². The Morgan fingerprint density at radius 1 is 1.02 bits per heavy atom. The number of allylic oxidation sites excluding steroid dienone is 1. The minimum absolute atomic E-state index is 0.00165. The van der Waals surface area contributed by atoms with Gasteiger partial charge in [0.2, 0.25) is 0 Å². The minimum atomic E-state index is -5.05. The van der Waals surface area contributed by atoms with Crippen LogP contribution in [-0.4, -0.2) is 41.6 Å². The number of nitrogens with zero attached hydrogens (tertiary/aromatic N) is 2. The van der Waals surface area contributed by atoms with Crippen LogP contribution in [0, 0.1) is 18.3 Å². The molecule has 1 aliphatic carbocycles. The van der Waals surface area contributed by atoms with Gasteiger partial charge in [0.15, 0.2) is 0 Å². The number of aromatic carboxylic acids is 1. The Morgan fingerprint density at radius 2 is 1.65 bits per heavy atom. The fourth-order valence-corrected chi connectivity index (χ4v) is 6.65. The number of carbonyl (C=O) groups excluding carboxylic acids is 2. The van der Waals surface area contributed by atoms with E-state index < -0.39 is 53.3 Å². The molecular formula is C36H35F6N2O5-. The summed E-state index contributed by atoms with van der Waals surface area (Å²) in [5.74, 6) is -0.978. The summed E-state index contributed by atoms with van der Waals surface area (Å²) in [5.41, 5.74) is 0.671. The number of carbonyl (C=O) groups is 2. The van der Waals surface area contributed by atoms with Crippen molar-refractivity contribution in [2.24, 2.45) is 11.3 Å². The Balaban J connectivity index is 1.58. The second-order valence-corrected chi connectivity index (χ2v) is 13.3. The maximum Gasteiger partial charge on any atom is 0.416 e. The molecule has 1 aliphatic heterocycles. The average molecular weight is 690 g/mol. The fourth-order valence-electron chi connectivity index (χ4n) is 6.65. The number of benzene rings is 2. The van der Waals surface area contributed by atoms with Gasteiger partial charge in [-0.25, -0.2) is 4.79 Å². The van der Waals surface area contributed by atoms with Crippen molar-refractivity contribution < 1.29 is 50.5 Å². The number of hydrogen-bond donors (Lipinski definition) is 0. The number of hydrogen-bond acceptors (Lipinski definition) is 6. The number of rotatable bonds is 7. The quantitative estimate of drug-likeness (QED) is 0.232. The van der Waals surface area contributed by atoms with Crippen molar-refractivity contribution in [2.45, 2.75) is 72.0 Å². The molecule has 1 fully saturated rings. The monoisotopic (exact) mass is 689 g/mol. The van der Waals surface area contributed by atoms with Crippen LogP contribution in [-0.2, 0) is 17.1 Å². The molecule has 2 heterocycles. The molecule has 13 heteroatoms. The van der Waals surface area contributed by atoms with E-state index in [0.717, 1.165) is 17.6 Å². The van der Waals surface area contributed by atoms with E-state index >= 15 is 0 Å². The maximum absolute atomic E-state index is 13.6. The zero-order valence-corrected chi connectivity index (χ0v) is 27.7. The second kappa shape index (κ2) is 12.7. The van der Waals surface area contributed by atoms with Gasteiger partial charge in [0.05, 0.1) is 42.1 Å². The standard InChI is InChI=1S/C36H36F6N2O5/c1-18-11-21(32(45)46)7-8-25(18)29-15-27(30(48-6)16-43-29)26-9-10-34(4,5)19(2)28(26)17-44-20(3)31(49-33(44)47)22-12-23(35(37,38)39)14-24(13-22)36(40,41)42/h7-8,11-16,19-20,31H,9-10,17H2,1-6H3,(H,45,46)/p-1/t19?,20-,31-/m0/s1. The van der Waals surface area contributed by atoms with Crippen molar-refractivity contribution in [1.29, 1.82) is 0 Å². The number of carboxylic acid groups (broad SMARTS) is 1. The lowest BCUT2D eigenvalue weighted by Crippen LogP contribution is -2.38. The lowest BCUT2D eigenvalue weighted by Gasteiger charge is -2.41. The predicted octanol–water partition coefficient (Wildman–Crippen LogP) is 8.26. The lowest BCUT2D eigenvalue weighted by molar-refractivity contribution is -0.255. The van der Waals surface area contributed by atoms with Crippen molar-refractivity contribution >= 4 is 17.6 Å². The number of amides is 1. The topological polar surface area (TPSA) is 91.8 Å². The normalized spacial score (nSPS) is 21.2. The molecule has 262 valence electrons. The van der Waals surface area contributed by atoms with Crippen LogP contribution < -0.4 is 9.84 Å². The smallest absolute Gasteiger partial charge is 0.416 e. The number of carboxylic acids is 1. The van der Waals surface area contributed by atoms with Gasteiger partial charge in [-0.1, -0.05) is 32.9 Å². The molecule has 0 bridgehead atoms. The number of aromatic nitrogens is 1. The number of alkyl halides is 6. The number of methoxy groups -OCH3 is 1. The van der Waals surface area contributed by atoms with Gasteiger partial charge < -0.3 is 19.4 Å². The van der Waals surface area contributed by atoms with Gasteiger partial charge in [0.25, 0.3) is 0 Å². The van der Waals surface area contributed by atoms with Crippen molar-refractivity contribution in [2.75, 3.05) is 13.7 Å². The molecule has 1 unspecified atom stereocenters. The van der Waals surface area contributed by atoms with Gasteiger partial charge in [-0.3, -0.25) is 9.88 Å². The van der Waals surface area contributed by atoms with Crippen molar-refractivity contribution in [3.63, 3.8) is 0 Å². The summed E-state index contributed by atoms with van der Waals surface area (Å²) < 4.78 is 93.0. The molecule has 1 aromatic heterocycles. The van der Waals surface area contributed by atoms with Crippen molar-refractivity contribution in [1.82, 2.24) is 9.88 Å². The molecule has 2 aliphatic rings. The first kappa shape index (κ1) is 35.7. The molecule has 1 saturated heterocycles. The molecule has 0 N–H and O–H groups in total. The van der Waals surface area contributed by atoms with Gasteiger partial charge in [0, 0.05) is 17.7 Å². The second-order valence-electron chi connectivity index (χ2n) is 13.3. The summed E-state index contributed by atoms with van der Waals surface area (Å²) in [5, 5.41) is 11.4. The van der Waals surface area contributed by atoms with E-state index in [4.69, 9.17) is 9.47 Å². The van der Waals surface area contributed by atoms with E-state index in [-0.39, 0.29) is 29.5 Å².